The number of rotatable bonds is 26. The molecule has 150 heavy (non-hydrogen) atoms. The number of piperidine rings is 2. The van der Waals surface area contributed by atoms with Crippen molar-refractivity contribution in [2.24, 2.45) is 76.9 Å². The average molecular weight is 2160 g/mol. The second-order valence-corrected chi connectivity index (χ2v) is 48.6. The number of aliphatic hydroxyl groups excluding tert-OH is 1. The van der Waals surface area contributed by atoms with Crippen LogP contribution in [0.1, 0.15) is 265 Å². The summed E-state index contributed by atoms with van der Waals surface area (Å²) in [6.45, 7) is 32.3. The Kier molecular flexibility index (Phi) is 60.5. The van der Waals surface area contributed by atoms with Crippen LogP contribution in [0.5, 0.6) is 0 Å². The number of hydrogen-bond donors (Lipinski definition) is 3. The first-order chi connectivity index (χ1) is 70.6. The monoisotopic (exact) mass is 2160 g/mol. The molecular formula is C116H190ClN2O30P. The van der Waals surface area contributed by atoms with Crippen molar-refractivity contribution >= 4 is 76.2 Å². The number of methoxy groups -OCH3 is 8. The molecule has 0 radical (unpaired) electrons. The van der Waals surface area contributed by atoms with Crippen molar-refractivity contribution in [1.82, 2.24) is 9.80 Å². The van der Waals surface area contributed by atoms with Gasteiger partial charge < -0.3 is 105 Å². The maximum absolute atomic E-state index is 14.6. The van der Waals surface area contributed by atoms with E-state index in [-0.39, 0.29) is 155 Å². The third-order valence-corrected chi connectivity index (χ3v) is 31.2. The fourth-order valence-electron chi connectivity index (χ4n) is 21.9. The lowest BCUT2D eigenvalue weighted by atomic mass is 9.76. The normalized spacial score (nSPS) is 35.4. The van der Waals surface area contributed by atoms with Gasteiger partial charge in [-0.3, -0.25) is 38.4 Å². The van der Waals surface area contributed by atoms with E-state index >= 15 is 0 Å². The van der Waals surface area contributed by atoms with Crippen LogP contribution in [0.4, 0.5) is 0 Å². The van der Waals surface area contributed by atoms with Crippen molar-refractivity contribution < 1.29 is 144 Å². The Morgan fingerprint density at radius 3 is 1.17 bits per heavy atom. The van der Waals surface area contributed by atoms with Gasteiger partial charge in [0.25, 0.3) is 23.4 Å². The molecule has 6 heterocycles. The number of halogens is 1. The van der Waals surface area contributed by atoms with Gasteiger partial charge in [0.05, 0.1) is 95.6 Å². The molecule has 856 valence electrons. The summed E-state index contributed by atoms with van der Waals surface area (Å²) in [7, 11) is 12.5. The molecule has 6 aliphatic heterocycles. The number of carbonyl (C=O) groups is 10. The second kappa shape index (κ2) is 67.7. The molecule has 2 unspecified atom stereocenters. The highest BCUT2D eigenvalue weighted by atomic mass is 35.7. The Balaban J connectivity index is 0.000000501. The summed E-state index contributed by atoms with van der Waals surface area (Å²) in [5.41, 5.74) is 3.03. The van der Waals surface area contributed by atoms with Crippen molar-refractivity contribution in [3.05, 3.63) is 95.2 Å². The predicted octanol–water partition coefficient (Wildman–Crippen LogP) is 17.4. The van der Waals surface area contributed by atoms with Gasteiger partial charge in [-0.05, 0) is 220 Å². The summed E-state index contributed by atoms with van der Waals surface area (Å²) in [4.78, 5) is 146. The van der Waals surface area contributed by atoms with Crippen LogP contribution < -0.4 is 0 Å². The second-order valence-electron chi connectivity index (χ2n) is 43.7. The van der Waals surface area contributed by atoms with E-state index < -0.39 is 156 Å². The average Bonchev–Trinajstić information content (AvgIpc) is 0.774. The molecule has 0 aromatic rings. The van der Waals surface area contributed by atoms with Crippen molar-refractivity contribution in [3.63, 3.8) is 0 Å². The van der Waals surface area contributed by atoms with E-state index in [1.54, 1.807) is 75.2 Å². The number of Topliss-reactive ketones (excluding diaryl/α,β-unsaturated/α-hetero) is 6. The van der Waals surface area contributed by atoms with Crippen molar-refractivity contribution in [1.29, 1.82) is 0 Å². The SMILES string of the molecule is C.COCCOCCOC1C[C@@H]2CC[C@@H](C)[C@@](O)(O2)C(=O)C(=O)N2CCCC[C@H]2C(=O)O[C@H]([C@H](C)C[C@@H]2CC[C@@H](C)[C@H](OC)C2)CC(=O)[C@H](C)/C=C(\C)[C@@H](OC)[C@@H](OC)C(=O)[C@H](C)C[C@H](C)/C=C/C=CC=C1C.COCCOCCOC1C[C@@H]2CC[C@@H](C)[C@@](O)(O2)C(=O)C(=O)N2CCCC[C@H]2C(=O)O[C@H]([C@H](C)C[C@@H]2CC[C@@H](O)[C@H](OC)C2)CC(=O)[C@H](C)/C=C(\C)[C@@H](OC)[C@@H](OC)C(=O)[C@H](C)C[C@H](C)/C=C/C=CC=C1C.CP(C)(=O)Cl. The van der Waals surface area contributed by atoms with Crippen LogP contribution in [-0.2, 0) is 128 Å². The zero-order valence-electron chi connectivity index (χ0n) is 94.2. The van der Waals surface area contributed by atoms with Gasteiger partial charge in [-0.1, -0.05) is 168 Å². The number of aliphatic hydroxyl groups is 3. The van der Waals surface area contributed by atoms with Crippen molar-refractivity contribution in [3.8, 4) is 0 Å². The summed E-state index contributed by atoms with van der Waals surface area (Å²) >= 11 is 5.09. The lowest BCUT2D eigenvalue weighted by molar-refractivity contribution is -0.266. The van der Waals surface area contributed by atoms with E-state index in [0.717, 1.165) is 36.8 Å². The molecule has 34 heteroatoms. The highest BCUT2D eigenvalue weighted by molar-refractivity contribution is 7.88. The van der Waals surface area contributed by atoms with Gasteiger partial charge in [-0.2, -0.15) is 0 Å². The van der Waals surface area contributed by atoms with Gasteiger partial charge in [0.1, 0.15) is 60.3 Å². The number of hydrogen-bond acceptors (Lipinski definition) is 30. The largest absolute Gasteiger partial charge is 0.460 e. The molecule has 2 aliphatic carbocycles. The van der Waals surface area contributed by atoms with Gasteiger partial charge in [0.2, 0.25) is 11.6 Å². The lowest BCUT2D eigenvalue weighted by Gasteiger charge is -2.43. The number of carbonyl (C=O) groups excluding carboxylic acids is 10. The first-order valence-electron chi connectivity index (χ1n) is 54.5. The first kappa shape index (κ1) is 134. The van der Waals surface area contributed by atoms with E-state index in [9.17, 15) is 67.8 Å². The molecule has 2 saturated carbocycles. The molecule has 0 spiro atoms. The number of amides is 2. The Morgan fingerprint density at radius 2 is 0.807 bits per heavy atom. The Hall–Kier alpha value is -6.34. The molecule has 30 atom stereocenters. The molecule has 2 amide bonds. The maximum Gasteiger partial charge on any atom is 0.329 e. The van der Waals surface area contributed by atoms with Gasteiger partial charge in [-0.25, -0.2) is 9.59 Å². The lowest BCUT2D eigenvalue weighted by Crippen LogP contribution is -2.61. The van der Waals surface area contributed by atoms with Crippen LogP contribution in [0.25, 0.3) is 0 Å². The third-order valence-electron chi connectivity index (χ3n) is 31.2. The molecule has 8 aliphatic rings. The quantitative estimate of drug-likeness (QED) is 0.0238. The number of fused-ring (bicyclic) bond motifs is 6. The summed E-state index contributed by atoms with van der Waals surface area (Å²) in [6.07, 6.45) is 26.7. The van der Waals surface area contributed by atoms with Crippen LogP contribution in [0.15, 0.2) is 95.2 Å². The smallest absolute Gasteiger partial charge is 0.329 e. The molecule has 6 fully saturated rings. The summed E-state index contributed by atoms with van der Waals surface area (Å²) in [5.74, 6) is -14.5. The minimum absolute atomic E-state index is 0. The number of ether oxygens (including phenoxy) is 16. The Morgan fingerprint density at radius 1 is 0.440 bits per heavy atom. The van der Waals surface area contributed by atoms with Gasteiger partial charge in [0, 0.05) is 144 Å². The minimum atomic E-state index is -2.47. The molecule has 4 bridgehead atoms. The zero-order valence-corrected chi connectivity index (χ0v) is 95.9. The topological polar surface area (TPSA) is 403 Å². The molecule has 4 saturated heterocycles. The number of nitrogens with zero attached hydrogens (tertiary/aromatic N) is 2. The molecule has 3 N–H and O–H groups in total. The van der Waals surface area contributed by atoms with Gasteiger partial charge in [-0.15, -0.1) is 0 Å². The number of cyclic esters (lactones) is 2. The number of allylic oxidation sites excluding steroid dienone is 12. The van der Waals surface area contributed by atoms with E-state index in [1.165, 1.54) is 51.6 Å². The van der Waals surface area contributed by atoms with Crippen molar-refractivity contribution in [2.45, 2.75) is 368 Å². The minimum Gasteiger partial charge on any atom is -0.460 e. The van der Waals surface area contributed by atoms with E-state index in [4.69, 9.17) is 87.0 Å². The summed E-state index contributed by atoms with van der Waals surface area (Å²) in [6, 6.07) is -2.26. The maximum atomic E-state index is 14.6. The number of esters is 2. The van der Waals surface area contributed by atoms with Crippen molar-refractivity contribution in [2.75, 3.05) is 136 Å². The van der Waals surface area contributed by atoms with E-state index in [2.05, 4.69) is 13.8 Å². The Bertz CT molecular complexity index is 4210. The third kappa shape index (κ3) is 42.2. The fourth-order valence-corrected chi connectivity index (χ4v) is 21.9. The van der Waals surface area contributed by atoms with Crippen LogP contribution in [0.3, 0.4) is 0 Å². The Labute approximate surface area is 901 Å². The van der Waals surface area contributed by atoms with Crippen LogP contribution >= 0.6 is 17.7 Å². The van der Waals surface area contributed by atoms with E-state index in [1.807, 2.05) is 116 Å². The number of ketones is 6. The van der Waals surface area contributed by atoms with Crippen LogP contribution in [-0.4, -0.2) is 323 Å². The molecule has 8 rings (SSSR count). The standard InChI is InChI=1S/C57H91NO14.C56H89NO15.C2H6ClOP.CH4/c1-36-18-14-13-15-19-37(2)49(70-29-28-69-27-26-65-9)34-45-24-22-43(8)57(64,72-45)54(61)55(62)58-25-17-16-20-46(58)56(63)71-50(40(5)32-44-23-21-38(3)48(33-44)66-10)35-47(59)39(4)31-42(7)52(67-11)53(68-12)51(60)41(6)30-36;1-35-17-13-12-14-18-36(2)47(70-28-27-69-26-25-65-8)33-43-22-20-41(7)56(64,72-43)53(61)54(62)57-24-16-15-19-44(57)55(63)71-48(38(4)31-42-21-23-45(58)49(32-42)66-9)34-46(59)37(3)30-40(6)51(67-10)52(68-11)50(60)39(5)29-35;1-5(2,3)4;/h13-15,18-19,31,36,38-41,43-46,48-50,52-53,64H,16-17,20-30,32-35H2,1-12H3;12-14,17-18,30,35,37-39,41-45,47-49,51-52,58,64H,15-16,19-29,31-34H2,1-11H3;1-2H3;1H4/b15-13?,18-14+,37-19?,42-31+;14-12?,17-13+,36-18?,40-30+;;/t36-,38-,39-,40-,41-,43-,44+,45+,46+,48-,49?,50+,52-,53+,57-;35-,37-,38-,39-,41-,42+,43+,44+,45-,47?,48+,49-,51-,52+,56-;;/m11../s1. The molecule has 0 aromatic carbocycles. The highest BCUT2D eigenvalue weighted by Gasteiger charge is 2.56. The first-order valence-corrected chi connectivity index (χ1v) is 58.0. The highest BCUT2D eigenvalue weighted by Crippen LogP contribution is 2.44. The fraction of sp³-hybridized carbons (Fsp3) is 0.776. The molecular weight excluding hydrogens is 1970 g/mol. The van der Waals surface area contributed by atoms with Gasteiger partial charge in [0.15, 0.2) is 18.1 Å². The van der Waals surface area contributed by atoms with E-state index in [0.29, 0.717) is 147 Å². The van der Waals surface area contributed by atoms with Crippen LogP contribution in [0.2, 0.25) is 0 Å². The summed E-state index contributed by atoms with van der Waals surface area (Å²) in [5, 5.41) is 34.9. The summed E-state index contributed by atoms with van der Waals surface area (Å²) < 4.78 is 104. The van der Waals surface area contributed by atoms with Crippen LogP contribution in [0, 0.1) is 76.9 Å². The predicted molar refractivity (Wildman–Crippen MR) is 578 cm³/mol. The zero-order chi connectivity index (χ0) is 111. The van der Waals surface area contributed by atoms with Gasteiger partial charge >= 0.3 is 11.9 Å². The molecule has 32 nitrogen and oxygen atoms in total. The molecule has 0 aromatic heterocycles.